The molecule has 140 valence electrons. The Balaban J connectivity index is 1.74. The lowest BCUT2D eigenvalue weighted by Crippen LogP contribution is -2.16. The molecule has 0 amide bonds. The van der Waals surface area contributed by atoms with Crippen molar-refractivity contribution in [2.75, 3.05) is 0 Å². The zero-order chi connectivity index (χ0) is 19.3. The van der Waals surface area contributed by atoms with Gasteiger partial charge in [-0.2, -0.15) is 0 Å². The summed E-state index contributed by atoms with van der Waals surface area (Å²) >= 11 is 0. The second-order valence-corrected chi connectivity index (χ2v) is 7.06. The predicted octanol–water partition coefficient (Wildman–Crippen LogP) is 5.46. The van der Waals surface area contributed by atoms with Crippen LogP contribution in [-0.2, 0) is 12.8 Å². The number of rotatable bonds is 6. The highest BCUT2D eigenvalue weighted by molar-refractivity contribution is 5.84. The van der Waals surface area contributed by atoms with Gasteiger partial charge in [0.2, 0.25) is 0 Å². The van der Waals surface area contributed by atoms with Gasteiger partial charge >= 0.3 is 5.63 Å². The molecule has 0 saturated heterocycles. The smallest absolute Gasteiger partial charge is 0.343 e. The number of para-hydroxylation sites is 1. The fourth-order valence-electron chi connectivity index (χ4n) is 3.74. The molecule has 0 aliphatic carbocycles. The molecule has 3 aromatic carbocycles. The van der Waals surface area contributed by atoms with Gasteiger partial charge in [0.1, 0.15) is 11.3 Å². The molecule has 1 N–H and O–H groups in total. The van der Waals surface area contributed by atoms with Crippen molar-refractivity contribution in [3.05, 3.63) is 112 Å². The van der Waals surface area contributed by atoms with E-state index in [1.54, 1.807) is 18.2 Å². The zero-order valence-corrected chi connectivity index (χ0v) is 15.5. The molecule has 4 aromatic rings. The van der Waals surface area contributed by atoms with Gasteiger partial charge in [0.05, 0.1) is 10.9 Å². The van der Waals surface area contributed by atoms with Crippen LogP contribution in [0.15, 0.2) is 94.1 Å². The van der Waals surface area contributed by atoms with Crippen LogP contribution < -0.4 is 5.63 Å². The third-order valence-corrected chi connectivity index (χ3v) is 5.18. The van der Waals surface area contributed by atoms with Gasteiger partial charge < -0.3 is 9.52 Å². The topological polar surface area (TPSA) is 50.4 Å². The van der Waals surface area contributed by atoms with Crippen LogP contribution in [0.2, 0.25) is 0 Å². The Kier molecular flexibility index (Phi) is 5.24. The largest absolute Gasteiger partial charge is 0.507 e. The maximum Gasteiger partial charge on any atom is 0.343 e. The van der Waals surface area contributed by atoms with E-state index in [9.17, 15) is 9.90 Å². The molecular formula is C25H22O3. The molecule has 4 rings (SSSR count). The molecule has 1 aromatic heterocycles. The first-order valence-corrected chi connectivity index (χ1v) is 9.55. The molecule has 1 heterocycles. The molecule has 0 bridgehead atoms. The van der Waals surface area contributed by atoms with Crippen molar-refractivity contribution in [3.63, 3.8) is 0 Å². The van der Waals surface area contributed by atoms with Gasteiger partial charge in [0.25, 0.3) is 0 Å². The number of hydrogen-bond acceptors (Lipinski definition) is 3. The molecule has 1 unspecified atom stereocenters. The average Bonchev–Trinajstić information content (AvgIpc) is 2.73. The summed E-state index contributed by atoms with van der Waals surface area (Å²) in [5.41, 5.74) is 2.68. The van der Waals surface area contributed by atoms with E-state index in [0.29, 0.717) is 23.0 Å². The molecule has 0 saturated carbocycles. The summed E-state index contributed by atoms with van der Waals surface area (Å²) < 4.78 is 5.53. The number of hydrogen-bond donors (Lipinski definition) is 1. The SMILES string of the molecule is O=c1oc2ccccc2c(O)c1C(CCc1ccccc1)Cc1ccccc1. The predicted molar refractivity (Wildman–Crippen MR) is 112 cm³/mol. The Morgan fingerprint density at radius 2 is 1.39 bits per heavy atom. The summed E-state index contributed by atoms with van der Waals surface area (Å²) in [6.07, 6.45) is 2.24. The van der Waals surface area contributed by atoms with Crippen LogP contribution in [-0.4, -0.2) is 5.11 Å². The van der Waals surface area contributed by atoms with Crippen LogP contribution in [0.5, 0.6) is 5.75 Å². The van der Waals surface area contributed by atoms with Gasteiger partial charge in [-0.15, -0.1) is 0 Å². The summed E-state index contributed by atoms with van der Waals surface area (Å²) in [6, 6.07) is 27.4. The van der Waals surface area contributed by atoms with E-state index >= 15 is 0 Å². The second-order valence-electron chi connectivity index (χ2n) is 7.06. The second kappa shape index (κ2) is 8.13. The Bertz CT molecular complexity index is 1110. The first-order chi connectivity index (χ1) is 13.7. The standard InChI is InChI=1S/C25H22O3/c26-24-21-13-7-8-14-22(21)28-25(27)23(24)20(17-19-11-5-2-6-12-19)16-15-18-9-3-1-4-10-18/h1-14,20,26H,15-17H2. The fourth-order valence-corrected chi connectivity index (χ4v) is 3.74. The first-order valence-electron chi connectivity index (χ1n) is 9.55. The minimum absolute atomic E-state index is 0.0424. The molecule has 28 heavy (non-hydrogen) atoms. The van der Waals surface area contributed by atoms with Crippen LogP contribution in [0, 0.1) is 0 Å². The van der Waals surface area contributed by atoms with Crippen molar-refractivity contribution in [2.45, 2.75) is 25.2 Å². The molecule has 3 heteroatoms. The monoisotopic (exact) mass is 370 g/mol. The van der Waals surface area contributed by atoms with E-state index in [2.05, 4.69) is 24.3 Å². The van der Waals surface area contributed by atoms with Crippen LogP contribution >= 0.6 is 0 Å². The lowest BCUT2D eigenvalue weighted by molar-refractivity contribution is 0.440. The van der Waals surface area contributed by atoms with Crippen molar-refractivity contribution in [1.29, 1.82) is 0 Å². The van der Waals surface area contributed by atoms with Crippen molar-refractivity contribution < 1.29 is 9.52 Å². The fraction of sp³-hybridized carbons (Fsp3) is 0.160. The molecule has 1 atom stereocenters. The number of aryl methyl sites for hydroxylation is 1. The summed E-state index contributed by atoms with van der Waals surface area (Å²) in [4.78, 5) is 12.8. The maximum absolute atomic E-state index is 12.8. The highest BCUT2D eigenvalue weighted by atomic mass is 16.4. The Labute approximate surface area is 163 Å². The summed E-state index contributed by atoms with van der Waals surface area (Å²) in [6.45, 7) is 0. The van der Waals surface area contributed by atoms with E-state index in [-0.39, 0.29) is 11.7 Å². The van der Waals surface area contributed by atoms with Gasteiger partial charge in [-0.05, 0) is 48.4 Å². The molecule has 0 fully saturated rings. The van der Waals surface area contributed by atoms with Crippen LogP contribution in [0.4, 0.5) is 0 Å². The zero-order valence-electron chi connectivity index (χ0n) is 15.5. The lowest BCUT2D eigenvalue weighted by Gasteiger charge is -2.18. The van der Waals surface area contributed by atoms with Crippen molar-refractivity contribution in [2.24, 2.45) is 0 Å². The summed E-state index contributed by atoms with van der Waals surface area (Å²) in [5, 5.41) is 11.5. The number of benzene rings is 3. The van der Waals surface area contributed by atoms with Crippen LogP contribution in [0.1, 0.15) is 29.0 Å². The first kappa shape index (κ1) is 18.1. The number of fused-ring (bicyclic) bond motifs is 1. The Hall–Kier alpha value is -3.33. The van der Waals surface area contributed by atoms with Crippen molar-refractivity contribution in [1.82, 2.24) is 0 Å². The van der Waals surface area contributed by atoms with Gasteiger partial charge in [-0.1, -0.05) is 72.8 Å². The quantitative estimate of drug-likeness (QED) is 0.459. The van der Waals surface area contributed by atoms with Gasteiger partial charge in [-0.3, -0.25) is 0 Å². The molecular weight excluding hydrogens is 348 g/mol. The van der Waals surface area contributed by atoms with Gasteiger partial charge in [0.15, 0.2) is 0 Å². The Morgan fingerprint density at radius 3 is 2.11 bits per heavy atom. The lowest BCUT2D eigenvalue weighted by atomic mass is 9.87. The van der Waals surface area contributed by atoms with E-state index < -0.39 is 5.63 Å². The van der Waals surface area contributed by atoms with Crippen LogP contribution in [0.25, 0.3) is 11.0 Å². The van der Waals surface area contributed by atoms with Crippen LogP contribution in [0.3, 0.4) is 0 Å². The molecule has 0 radical (unpaired) electrons. The van der Waals surface area contributed by atoms with Gasteiger partial charge in [0, 0.05) is 0 Å². The maximum atomic E-state index is 12.8. The van der Waals surface area contributed by atoms with Crippen molar-refractivity contribution >= 4 is 11.0 Å². The third kappa shape index (κ3) is 3.84. The van der Waals surface area contributed by atoms with Gasteiger partial charge in [-0.25, -0.2) is 4.79 Å². The minimum atomic E-state index is -0.454. The number of aromatic hydroxyl groups is 1. The highest BCUT2D eigenvalue weighted by Gasteiger charge is 2.23. The molecule has 0 aliphatic rings. The van der Waals surface area contributed by atoms with E-state index in [0.717, 1.165) is 18.4 Å². The highest BCUT2D eigenvalue weighted by Crippen LogP contribution is 2.34. The summed E-state index contributed by atoms with van der Waals surface area (Å²) in [7, 11) is 0. The normalized spacial score (nSPS) is 12.1. The minimum Gasteiger partial charge on any atom is -0.507 e. The molecule has 3 nitrogen and oxygen atoms in total. The van der Waals surface area contributed by atoms with E-state index in [1.807, 2.05) is 42.5 Å². The van der Waals surface area contributed by atoms with Crippen molar-refractivity contribution in [3.8, 4) is 5.75 Å². The third-order valence-electron chi connectivity index (χ3n) is 5.18. The Morgan fingerprint density at radius 1 is 0.786 bits per heavy atom. The van der Waals surface area contributed by atoms with E-state index in [4.69, 9.17) is 4.42 Å². The molecule has 0 spiro atoms. The summed E-state index contributed by atoms with van der Waals surface area (Å²) in [5.74, 6) is -0.0932. The van der Waals surface area contributed by atoms with E-state index in [1.165, 1.54) is 5.56 Å². The average molecular weight is 370 g/mol. The molecule has 0 aliphatic heterocycles.